The van der Waals surface area contributed by atoms with Crippen molar-refractivity contribution < 1.29 is 9.90 Å². The minimum Gasteiger partial charge on any atom is -0.394 e. The molecule has 1 aliphatic rings. The van der Waals surface area contributed by atoms with Gasteiger partial charge in [-0.1, -0.05) is 19.8 Å². The van der Waals surface area contributed by atoms with E-state index in [0.29, 0.717) is 0 Å². The second-order valence-electron chi connectivity index (χ2n) is 4.14. The second kappa shape index (κ2) is 6.67. The lowest BCUT2D eigenvalue weighted by atomic mass is 10.2. The van der Waals surface area contributed by atoms with Gasteiger partial charge in [0.1, 0.15) is 0 Å². The monoisotopic (exact) mass is 214 g/mol. The van der Waals surface area contributed by atoms with Gasteiger partial charge >= 0.3 is 6.03 Å². The zero-order valence-corrected chi connectivity index (χ0v) is 9.54. The lowest BCUT2D eigenvalue weighted by Crippen LogP contribution is -2.46. The van der Waals surface area contributed by atoms with Gasteiger partial charge in [-0.25, -0.2) is 4.79 Å². The van der Waals surface area contributed by atoms with E-state index >= 15 is 0 Å². The van der Waals surface area contributed by atoms with Crippen molar-refractivity contribution in [3.05, 3.63) is 0 Å². The Morgan fingerprint density at radius 3 is 2.40 bits per heavy atom. The van der Waals surface area contributed by atoms with Gasteiger partial charge in [0.25, 0.3) is 0 Å². The Hall–Kier alpha value is -0.770. The third-order valence-corrected chi connectivity index (χ3v) is 2.93. The standard InChI is InChI=1S/C11H22N2O2/c1-2-10(9-14)12-11(15)13-7-5-3-4-6-8-13/h10,14H,2-9H2,1H3,(H,12,15). The van der Waals surface area contributed by atoms with Gasteiger partial charge in [0, 0.05) is 13.1 Å². The van der Waals surface area contributed by atoms with E-state index in [4.69, 9.17) is 5.11 Å². The highest BCUT2D eigenvalue weighted by molar-refractivity contribution is 5.74. The summed E-state index contributed by atoms with van der Waals surface area (Å²) >= 11 is 0. The van der Waals surface area contributed by atoms with Crippen molar-refractivity contribution in [2.24, 2.45) is 0 Å². The van der Waals surface area contributed by atoms with Crippen molar-refractivity contribution in [1.82, 2.24) is 10.2 Å². The van der Waals surface area contributed by atoms with Crippen molar-refractivity contribution in [1.29, 1.82) is 0 Å². The van der Waals surface area contributed by atoms with Crippen molar-refractivity contribution in [2.45, 2.75) is 45.1 Å². The quantitative estimate of drug-likeness (QED) is 0.745. The first-order valence-electron chi connectivity index (χ1n) is 5.94. The number of carbonyl (C=O) groups is 1. The fourth-order valence-corrected chi connectivity index (χ4v) is 1.82. The van der Waals surface area contributed by atoms with E-state index in [-0.39, 0.29) is 18.7 Å². The van der Waals surface area contributed by atoms with Crippen molar-refractivity contribution in [3.63, 3.8) is 0 Å². The van der Waals surface area contributed by atoms with Crippen LogP contribution in [0, 0.1) is 0 Å². The van der Waals surface area contributed by atoms with E-state index in [1.54, 1.807) is 0 Å². The molecule has 15 heavy (non-hydrogen) atoms. The number of rotatable bonds is 3. The van der Waals surface area contributed by atoms with Gasteiger partial charge in [-0.05, 0) is 19.3 Å². The first kappa shape index (κ1) is 12.3. The Kier molecular flexibility index (Phi) is 5.47. The number of nitrogens with zero attached hydrogens (tertiary/aromatic N) is 1. The van der Waals surface area contributed by atoms with Gasteiger partial charge in [0.2, 0.25) is 0 Å². The Labute approximate surface area is 91.6 Å². The molecule has 0 saturated carbocycles. The van der Waals surface area contributed by atoms with Crippen molar-refractivity contribution in [2.75, 3.05) is 19.7 Å². The van der Waals surface area contributed by atoms with Crippen LogP contribution in [0.15, 0.2) is 0 Å². The Morgan fingerprint density at radius 2 is 1.93 bits per heavy atom. The number of urea groups is 1. The summed E-state index contributed by atoms with van der Waals surface area (Å²) in [6.07, 6.45) is 5.42. The summed E-state index contributed by atoms with van der Waals surface area (Å²) in [6.45, 7) is 3.70. The minimum atomic E-state index is -0.0965. The number of carbonyl (C=O) groups excluding carboxylic acids is 1. The Balaban J connectivity index is 2.36. The predicted molar refractivity (Wildman–Crippen MR) is 59.7 cm³/mol. The summed E-state index contributed by atoms with van der Waals surface area (Å²) in [4.78, 5) is 13.6. The topological polar surface area (TPSA) is 52.6 Å². The second-order valence-corrected chi connectivity index (χ2v) is 4.14. The summed E-state index contributed by atoms with van der Waals surface area (Å²) in [7, 11) is 0. The molecule has 0 aromatic heterocycles. The van der Waals surface area contributed by atoms with Crippen LogP contribution in [-0.4, -0.2) is 41.8 Å². The number of aliphatic hydroxyl groups is 1. The first-order chi connectivity index (χ1) is 7.27. The number of amides is 2. The van der Waals surface area contributed by atoms with E-state index in [0.717, 1.165) is 32.4 Å². The summed E-state index contributed by atoms with van der Waals surface area (Å²) < 4.78 is 0. The van der Waals surface area contributed by atoms with Crippen LogP contribution < -0.4 is 5.32 Å². The fourth-order valence-electron chi connectivity index (χ4n) is 1.82. The maximum atomic E-state index is 11.8. The smallest absolute Gasteiger partial charge is 0.317 e. The maximum absolute atomic E-state index is 11.8. The Bertz CT molecular complexity index is 185. The summed E-state index contributed by atoms with van der Waals surface area (Å²) in [5.74, 6) is 0. The van der Waals surface area contributed by atoms with Crippen LogP contribution in [0.25, 0.3) is 0 Å². The molecule has 1 fully saturated rings. The third-order valence-electron chi connectivity index (χ3n) is 2.93. The molecule has 0 aliphatic carbocycles. The normalized spacial score (nSPS) is 19.5. The average molecular weight is 214 g/mol. The molecule has 0 spiro atoms. The molecule has 1 rings (SSSR count). The summed E-state index contributed by atoms with van der Waals surface area (Å²) in [5, 5.41) is 11.8. The molecule has 1 atom stereocenters. The van der Waals surface area contributed by atoms with E-state index < -0.39 is 0 Å². The lowest BCUT2D eigenvalue weighted by molar-refractivity contribution is 0.182. The molecule has 2 N–H and O–H groups in total. The highest BCUT2D eigenvalue weighted by Crippen LogP contribution is 2.09. The van der Waals surface area contributed by atoms with Gasteiger partial charge in [0.15, 0.2) is 0 Å². The largest absolute Gasteiger partial charge is 0.394 e. The van der Waals surface area contributed by atoms with Gasteiger partial charge in [0.05, 0.1) is 12.6 Å². The van der Waals surface area contributed by atoms with Crippen LogP contribution in [0.1, 0.15) is 39.0 Å². The highest BCUT2D eigenvalue weighted by Gasteiger charge is 2.17. The molecule has 2 amide bonds. The minimum absolute atomic E-state index is 0.0159. The zero-order chi connectivity index (χ0) is 11.1. The van der Waals surface area contributed by atoms with E-state index in [1.165, 1.54) is 12.8 Å². The maximum Gasteiger partial charge on any atom is 0.317 e. The van der Waals surface area contributed by atoms with E-state index in [9.17, 15) is 4.79 Å². The molecular formula is C11H22N2O2. The van der Waals surface area contributed by atoms with Crippen molar-refractivity contribution >= 4 is 6.03 Å². The molecule has 0 radical (unpaired) electrons. The van der Waals surface area contributed by atoms with E-state index in [2.05, 4.69) is 5.32 Å². The predicted octanol–water partition coefficient (Wildman–Crippen LogP) is 1.34. The van der Waals surface area contributed by atoms with Crippen LogP contribution in [0.5, 0.6) is 0 Å². The molecule has 88 valence electrons. The van der Waals surface area contributed by atoms with Crippen LogP contribution in [0.2, 0.25) is 0 Å². The Morgan fingerprint density at radius 1 is 1.33 bits per heavy atom. The third kappa shape index (κ3) is 4.08. The van der Waals surface area contributed by atoms with Crippen LogP contribution in [0.4, 0.5) is 4.79 Å². The molecular weight excluding hydrogens is 192 g/mol. The van der Waals surface area contributed by atoms with Gasteiger partial charge in [-0.3, -0.25) is 0 Å². The lowest BCUT2D eigenvalue weighted by Gasteiger charge is -2.23. The van der Waals surface area contributed by atoms with Crippen molar-refractivity contribution in [3.8, 4) is 0 Å². The van der Waals surface area contributed by atoms with Gasteiger partial charge < -0.3 is 15.3 Å². The molecule has 1 aliphatic heterocycles. The molecule has 4 heteroatoms. The number of hydrogen-bond acceptors (Lipinski definition) is 2. The average Bonchev–Trinajstić information content (AvgIpc) is 2.54. The molecule has 0 aromatic rings. The van der Waals surface area contributed by atoms with Crippen LogP contribution in [-0.2, 0) is 0 Å². The van der Waals surface area contributed by atoms with E-state index in [1.807, 2.05) is 11.8 Å². The first-order valence-corrected chi connectivity index (χ1v) is 5.94. The molecule has 1 saturated heterocycles. The van der Waals surface area contributed by atoms with Crippen LogP contribution >= 0.6 is 0 Å². The van der Waals surface area contributed by atoms with Crippen LogP contribution in [0.3, 0.4) is 0 Å². The SMILES string of the molecule is CCC(CO)NC(=O)N1CCCCCC1. The van der Waals surface area contributed by atoms with Gasteiger partial charge in [-0.15, -0.1) is 0 Å². The zero-order valence-electron chi connectivity index (χ0n) is 9.54. The number of likely N-dealkylation sites (tertiary alicyclic amines) is 1. The molecule has 0 aromatic carbocycles. The summed E-state index contributed by atoms with van der Waals surface area (Å²) in [5.41, 5.74) is 0. The number of aliphatic hydroxyl groups excluding tert-OH is 1. The van der Waals surface area contributed by atoms with Gasteiger partial charge in [-0.2, -0.15) is 0 Å². The number of nitrogens with one attached hydrogen (secondary N) is 1. The molecule has 0 bridgehead atoms. The fraction of sp³-hybridized carbons (Fsp3) is 0.909. The highest BCUT2D eigenvalue weighted by atomic mass is 16.3. The molecule has 1 heterocycles. The molecule has 4 nitrogen and oxygen atoms in total. The molecule has 1 unspecified atom stereocenters. The number of hydrogen-bond donors (Lipinski definition) is 2. The summed E-state index contributed by atoms with van der Waals surface area (Å²) in [6, 6.07) is -0.112.